The third kappa shape index (κ3) is 4.74. The molecule has 0 bridgehead atoms. The second-order valence-electron chi connectivity index (χ2n) is 5.50. The van der Waals surface area contributed by atoms with Gasteiger partial charge in [0.15, 0.2) is 0 Å². The fourth-order valence-corrected chi connectivity index (χ4v) is 3.92. The van der Waals surface area contributed by atoms with Crippen LogP contribution in [-0.2, 0) is 16.0 Å². The average Bonchev–Trinajstić information content (AvgIpc) is 2.48. The van der Waals surface area contributed by atoms with Crippen molar-refractivity contribution >= 4 is 39.6 Å². The van der Waals surface area contributed by atoms with Crippen molar-refractivity contribution < 1.29 is 14.7 Å². The number of rotatable bonds is 5. The zero-order valence-corrected chi connectivity index (χ0v) is 15.0. The Morgan fingerprint density at radius 2 is 2.23 bits per heavy atom. The zero-order chi connectivity index (χ0) is 16.1. The van der Waals surface area contributed by atoms with E-state index in [0.717, 1.165) is 27.1 Å². The quantitative estimate of drug-likeness (QED) is 0.845. The fraction of sp³-hybridized carbons (Fsp3) is 0.500. The zero-order valence-electron chi connectivity index (χ0n) is 12.5. The predicted octanol–water partition coefficient (Wildman–Crippen LogP) is 3.11. The highest BCUT2D eigenvalue weighted by Crippen LogP contribution is 2.21. The first-order valence-corrected chi connectivity index (χ1v) is 9.26. The number of amides is 1. The minimum Gasteiger partial charge on any atom is -0.481 e. The maximum atomic E-state index is 12.4. The van der Waals surface area contributed by atoms with Crippen molar-refractivity contribution in [2.45, 2.75) is 32.2 Å². The van der Waals surface area contributed by atoms with E-state index < -0.39 is 5.97 Å². The molecule has 4 nitrogen and oxygen atoms in total. The molecule has 1 aromatic rings. The van der Waals surface area contributed by atoms with Crippen LogP contribution in [0.5, 0.6) is 0 Å². The van der Waals surface area contributed by atoms with Crippen LogP contribution < -0.4 is 0 Å². The Morgan fingerprint density at radius 3 is 2.91 bits per heavy atom. The topological polar surface area (TPSA) is 57.6 Å². The number of benzene rings is 1. The Bertz CT molecular complexity index is 564. The van der Waals surface area contributed by atoms with Gasteiger partial charge in [-0.15, -0.1) is 0 Å². The molecule has 1 heterocycles. The first-order valence-electron chi connectivity index (χ1n) is 7.31. The van der Waals surface area contributed by atoms with Crippen molar-refractivity contribution in [3.05, 3.63) is 33.8 Å². The van der Waals surface area contributed by atoms with Gasteiger partial charge in [-0.3, -0.25) is 9.59 Å². The summed E-state index contributed by atoms with van der Waals surface area (Å²) in [6.45, 7) is 2.68. The van der Waals surface area contributed by atoms with Gasteiger partial charge in [0, 0.05) is 28.9 Å². The molecule has 0 saturated carbocycles. The van der Waals surface area contributed by atoms with Crippen LogP contribution in [0.2, 0.25) is 0 Å². The highest BCUT2D eigenvalue weighted by atomic mass is 79.9. The Labute approximate surface area is 143 Å². The van der Waals surface area contributed by atoms with Crippen molar-refractivity contribution in [1.82, 2.24) is 4.90 Å². The van der Waals surface area contributed by atoms with E-state index in [1.807, 2.05) is 19.1 Å². The SMILES string of the molecule is Cc1cc(CCC(=O)N2CCSCC2CC(=O)O)ccc1Br. The normalized spacial score (nSPS) is 18.3. The number of aryl methyl sites for hydroxylation is 2. The van der Waals surface area contributed by atoms with Gasteiger partial charge in [-0.2, -0.15) is 11.8 Å². The minimum absolute atomic E-state index is 0.0378. The van der Waals surface area contributed by atoms with Crippen molar-refractivity contribution in [3.8, 4) is 0 Å². The lowest BCUT2D eigenvalue weighted by molar-refractivity contribution is -0.140. The second-order valence-corrected chi connectivity index (χ2v) is 7.50. The lowest BCUT2D eigenvalue weighted by Gasteiger charge is -2.34. The summed E-state index contributed by atoms with van der Waals surface area (Å²) in [6, 6.07) is 5.93. The number of carboxylic acids is 1. The van der Waals surface area contributed by atoms with Gasteiger partial charge in [0.05, 0.1) is 12.5 Å². The number of thioether (sulfide) groups is 1. The molecule has 1 N–H and O–H groups in total. The molecule has 22 heavy (non-hydrogen) atoms. The van der Waals surface area contributed by atoms with E-state index in [-0.39, 0.29) is 18.4 Å². The highest BCUT2D eigenvalue weighted by molar-refractivity contribution is 9.10. The number of hydrogen-bond donors (Lipinski definition) is 1. The van der Waals surface area contributed by atoms with E-state index >= 15 is 0 Å². The maximum Gasteiger partial charge on any atom is 0.305 e. The molecule has 6 heteroatoms. The monoisotopic (exact) mass is 385 g/mol. The highest BCUT2D eigenvalue weighted by Gasteiger charge is 2.28. The Hall–Kier alpha value is -1.01. The molecule has 0 radical (unpaired) electrons. The number of carbonyl (C=O) groups excluding carboxylic acids is 1. The minimum atomic E-state index is -0.839. The van der Waals surface area contributed by atoms with Crippen LogP contribution in [0.15, 0.2) is 22.7 Å². The van der Waals surface area contributed by atoms with E-state index in [1.165, 1.54) is 0 Å². The molecule has 1 fully saturated rings. The summed E-state index contributed by atoms with van der Waals surface area (Å²) in [5, 5.41) is 8.98. The predicted molar refractivity (Wildman–Crippen MR) is 92.3 cm³/mol. The van der Waals surface area contributed by atoms with E-state index in [2.05, 4.69) is 22.0 Å². The number of aliphatic carboxylic acids is 1. The molecule has 1 aliphatic heterocycles. The molecular weight excluding hydrogens is 366 g/mol. The van der Waals surface area contributed by atoms with E-state index in [1.54, 1.807) is 16.7 Å². The van der Waals surface area contributed by atoms with Crippen molar-refractivity contribution in [3.63, 3.8) is 0 Å². The van der Waals surface area contributed by atoms with Gasteiger partial charge in [0.1, 0.15) is 0 Å². The molecule has 1 aromatic carbocycles. The lowest BCUT2D eigenvalue weighted by atomic mass is 10.1. The Balaban J connectivity index is 1.94. The number of carboxylic acid groups (broad SMARTS) is 1. The molecule has 1 amide bonds. The van der Waals surface area contributed by atoms with Crippen LogP contribution in [0.1, 0.15) is 24.0 Å². The Kier molecular flexibility index (Phi) is 6.32. The Morgan fingerprint density at radius 1 is 1.45 bits per heavy atom. The number of carbonyl (C=O) groups is 2. The molecule has 1 unspecified atom stereocenters. The van der Waals surface area contributed by atoms with Crippen molar-refractivity contribution in [2.24, 2.45) is 0 Å². The first kappa shape index (κ1) is 17.3. The average molecular weight is 386 g/mol. The molecule has 0 aromatic heterocycles. The summed E-state index contributed by atoms with van der Waals surface area (Å²) in [5.41, 5.74) is 2.29. The second kappa shape index (κ2) is 8.02. The van der Waals surface area contributed by atoms with Crippen molar-refractivity contribution in [1.29, 1.82) is 0 Å². The molecule has 0 spiro atoms. The summed E-state index contributed by atoms with van der Waals surface area (Å²) in [5.74, 6) is 0.829. The standard InChI is InChI=1S/C16H20BrNO3S/c1-11-8-12(2-4-14(11)17)3-5-15(19)18-6-7-22-10-13(18)9-16(20)21/h2,4,8,13H,3,5-7,9-10H2,1H3,(H,20,21). The fourth-order valence-electron chi connectivity index (χ4n) is 2.61. The summed E-state index contributed by atoms with van der Waals surface area (Å²) >= 11 is 5.19. The van der Waals surface area contributed by atoms with Crippen LogP contribution in [0.3, 0.4) is 0 Å². The smallest absolute Gasteiger partial charge is 0.305 e. The van der Waals surface area contributed by atoms with Gasteiger partial charge in [-0.25, -0.2) is 0 Å². The molecule has 2 rings (SSSR count). The van der Waals surface area contributed by atoms with Gasteiger partial charge < -0.3 is 10.0 Å². The molecule has 1 saturated heterocycles. The van der Waals surface area contributed by atoms with E-state index in [0.29, 0.717) is 19.4 Å². The lowest BCUT2D eigenvalue weighted by Crippen LogP contribution is -2.47. The van der Waals surface area contributed by atoms with Gasteiger partial charge in [-0.1, -0.05) is 28.1 Å². The van der Waals surface area contributed by atoms with Crippen LogP contribution in [0, 0.1) is 6.92 Å². The molecular formula is C16H20BrNO3S. The van der Waals surface area contributed by atoms with Crippen LogP contribution in [0.25, 0.3) is 0 Å². The van der Waals surface area contributed by atoms with Gasteiger partial charge in [0.25, 0.3) is 0 Å². The van der Waals surface area contributed by atoms with Crippen LogP contribution >= 0.6 is 27.7 Å². The van der Waals surface area contributed by atoms with E-state index in [9.17, 15) is 9.59 Å². The summed E-state index contributed by atoms with van der Waals surface area (Å²) in [6.07, 6.45) is 1.16. The van der Waals surface area contributed by atoms with Crippen LogP contribution in [-0.4, -0.2) is 46.0 Å². The molecule has 1 atom stereocenters. The summed E-state index contributed by atoms with van der Waals surface area (Å²) < 4.78 is 1.07. The van der Waals surface area contributed by atoms with Crippen LogP contribution in [0.4, 0.5) is 0 Å². The largest absolute Gasteiger partial charge is 0.481 e. The van der Waals surface area contributed by atoms with Gasteiger partial charge in [-0.05, 0) is 30.5 Å². The molecule has 0 aliphatic carbocycles. The number of halogens is 1. The number of nitrogens with zero attached hydrogens (tertiary/aromatic N) is 1. The molecule has 120 valence electrons. The first-order chi connectivity index (χ1) is 10.5. The third-order valence-electron chi connectivity index (χ3n) is 3.81. The van der Waals surface area contributed by atoms with Gasteiger partial charge >= 0.3 is 5.97 Å². The summed E-state index contributed by atoms with van der Waals surface area (Å²) in [7, 11) is 0. The molecule has 1 aliphatic rings. The van der Waals surface area contributed by atoms with Crippen molar-refractivity contribution in [2.75, 3.05) is 18.1 Å². The maximum absolute atomic E-state index is 12.4. The number of hydrogen-bond acceptors (Lipinski definition) is 3. The summed E-state index contributed by atoms with van der Waals surface area (Å²) in [4.78, 5) is 25.1. The van der Waals surface area contributed by atoms with E-state index in [4.69, 9.17) is 5.11 Å². The van der Waals surface area contributed by atoms with Gasteiger partial charge in [0.2, 0.25) is 5.91 Å². The third-order valence-corrected chi connectivity index (χ3v) is 5.79.